The molecule has 2 aromatic rings. The van der Waals surface area contributed by atoms with Gasteiger partial charge in [0.05, 0.1) is 18.4 Å². The van der Waals surface area contributed by atoms with Crippen molar-refractivity contribution in [3.8, 4) is 5.75 Å². The van der Waals surface area contributed by atoms with Crippen molar-refractivity contribution < 1.29 is 19.4 Å². The van der Waals surface area contributed by atoms with Gasteiger partial charge in [-0.2, -0.15) is 0 Å². The summed E-state index contributed by atoms with van der Waals surface area (Å²) in [6.07, 6.45) is 1.65. The molecule has 128 valence electrons. The second kappa shape index (κ2) is 7.25. The molecule has 0 aromatic heterocycles. The molecular weight excluding hydrogens is 358 g/mol. The van der Waals surface area contributed by atoms with Gasteiger partial charge in [0.1, 0.15) is 10.1 Å². The summed E-state index contributed by atoms with van der Waals surface area (Å²) in [4.78, 5) is 25.0. The first kappa shape index (κ1) is 17.4. The maximum absolute atomic E-state index is 12.4. The van der Waals surface area contributed by atoms with E-state index in [-0.39, 0.29) is 18.9 Å². The first-order valence-corrected chi connectivity index (χ1v) is 8.75. The normalized spacial score (nSPS) is 16.0. The van der Waals surface area contributed by atoms with Crippen molar-refractivity contribution in [2.24, 2.45) is 0 Å². The maximum atomic E-state index is 12.4. The number of aliphatic carboxylic acids is 1. The second-order valence-corrected chi connectivity index (χ2v) is 7.13. The summed E-state index contributed by atoms with van der Waals surface area (Å²) in [5.74, 6) is -0.409. The lowest BCUT2D eigenvalue weighted by atomic mass is 10.1. The van der Waals surface area contributed by atoms with Crippen molar-refractivity contribution in [3.05, 3.63) is 46.9 Å². The molecule has 2 aromatic carbocycles. The Morgan fingerprint density at radius 3 is 2.72 bits per heavy atom. The van der Waals surface area contributed by atoms with E-state index in [0.29, 0.717) is 9.23 Å². The number of rotatable bonds is 5. The minimum absolute atomic E-state index is 0.0921. The Morgan fingerprint density at radius 1 is 1.28 bits per heavy atom. The molecule has 1 aliphatic rings. The Morgan fingerprint density at radius 2 is 2.00 bits per heavy atom. The van der Waals surface area contributed by atoms with Gasteiger partial charge in [-0.05, 0) is 40.6 Å². The van der Waals surface area contributed by atoms with Crippen molar-refractivity contribution >= 4 is 57.0 Å². The van der Waals surface area contributed by atoms with Gasteiger partial charge in [0, 0.05) is 6.54 Å². The van der Waals surface area contributed by atoms with Crippen LogP contribution in [0.25, 0.3) is 16.8 Å². The number of thioether (sulfide) groups is 1. The molecule has 1 heterocycles. The Balaban J connectivity index is 1.85. The number of nitrogens with zero attached hydrogens (tertiary/aromatic N) is 1. The second-order valence-electron chi connectivity index (χ2n) is 5.45. The molecule has 5 nitrogen and oxygen atoms in total. The number of carboxylic acid groups (broad SMARTS) is 1. The molecule has 1 fully saturated rings. The van der Waals surface area contributed by atoms with E-state index >= 15 is 0 Å². The Bertz CT molecular complexity index is 907. The molecule has 0 atom stereocenters. The van der Waals surface area contributed by atoms with E-state index in [1.807, 2.05) is 36.4 Å². The van der Waals surface area contributed by atoms with Crippen molar-refractivity contribution in [2.75, 3.05) is 13.7 Å². The Kier molecular flexibility index (Phi) is 5.06. The van der Waals surface area contributed by atoms with Crippen LogP contribution in [0.2, 0.25) is 0 Å². The molecule has 0 spiro atoms. The van der Waals surface area contributed by atoms with Gasteiger partial charge in [0.2, 0.25) is 0 Å². The summed E-state index contributed by atoms with van der Waals surface area (Å²) in [6.45, 7) is 0.0921. The molecule has 25 heavy (non-hydrogen) atoms. The average molecular weight is 373 g/mol. The van der Waals surface area contributed by atoms with Crippen LogP contribution < -0.4 is 4.74 Å². The highest BCUT2D eigenvalue weighted by Crippen LogP contribution is 2.33. The topological polar surface area (TPSA) is 66.8 Å². The molecule has 1 saturated heterocycles. The quantitative estimate of drug-likeness (QED) is 0.639. The molecule has 0 unspecified atom stereocenters. The summed E-state index contributed by atoms with van der Waals surface area (Å²) in [7, 11) is 1.63. The zero-order valence-corrected chi connectivity index (χ0v) is 15.0. The van der Waals surface area contributed by atoms with Gasteiger partial charge in [-0.15, -0.1) is 0 Å². The van der Waals surface area contributed by atoms with E-state index in [4.69, 9.17) is 22.1 Å². The van der Waals surface area contributed by atoms with Crippen molar-refractivity contribution in [1.82, 2.24) is 4.90 Å². The summed E-state index contributed by atoms with van der Waals surface area (Å²) in [6, 6.07) is 11.7. The number of fused-ring (bicyclic) bond motifs is 1. The number of ether oxygens (including phenoxy) is 1. The van der Waals surface area contributed by atoms with Crippen molar-refractivity contribution in [3.63, 3.8) is 0 Å². The van der Waals surface area contributed by atoms with Gasteiger partial charge < -0.3 is 9.84 Å². The van der Waals surface area contributed by atoms with Gasteiger partial charge in [0.25, 0.3) is 5.91 Å². The number of benzene rings is 2. The first-order valence-electron chi connectivity index (χ1n) is 7.53. The highest BCUT2D eigenvalue weighted by atomic mass is 32.2. The standard InChI is InChI=1S/C18H15NO4S2/c1-23-14-5-4-12-8-11(2-3-13(12)10-14)9-15-17(22)19(18(24)25-15)7-6-16(20)21/h2-5,8-10H,6-7H2,1H3,(H,20,21). The fraction of sp³-hybridized carbons (Fsp3) is 0.167. The third kappa shape index (κ3) is 3.83. The summed E-state index contributed by atoms with van der Waals surface area (Å²) >= 11 is 6.38. The van der Waals surface area contributed by atoms with Crippen molar-refractivity contribution in [1.29, 1.82) is 0 Å². The maximum Gasteiger partial charge on any atom is 0.305 e. The van der Waals surface area contributed by atoms with Crippen LogP contribution in [0.4, 0.5) is 0 Å². The predicted octanol–water partition coefficient (Wildman–Crippen LogP) is 3.52. The smallest absolute Gasteiger partial charge is 0.305 e. The van der Waals surface area contributed by atoms with E-state index in [1.54, 1.807) is 13.2 Å². The number of methoxy groups -OCH3 is 1. The van der Waals surface area contributed by atoms with Crippen LogP contribution in [0.15, 0.2) is 41.3 Å². The number of hydrogen-bond donors (Lipinski definition) is 1. The fourth-order valence-corrected chi connectivity index (χ4v) is 3.82. The van der Waals surface area contributed by atoms with E-state index < -0.39 is 5.97 Å². The van der Waals surface area contributed by atoms with E-state index in [9.17, 15) is 9.59 Å². The summed E-state index contributed by atoms with van der Waals surface area (Å²) in [5.41, 5.74) is 0.886. The number of carbonyl (C=O) groups excluding carboxylic acids is 1. The lowest BCUT2D eigenvalue weighted by molar-refractivity contribution is -0.137. The molecule has 1 N–H and O–H groups in total. The minimum Gasteiger partial charge on any atom is -0.497 e. The average Bonchev–Trinajstić information content (AvgIpc) is 2.86. The monoisotopic (exact) mass is 373 g/mol. The number of amides is 1. The minimum atomic E-state index is -0.956. The molecule has 3 rings (SSSR count). The van der Waals surface area contributed by atoms with Crippen LogP contribution in [-0.4, -0.2) is 39.9 Å². The SMILES string of the molecule is COc1ccc2cc(C=C3SC(=S)N(CCC(=O)O)C3=O)ccc2c1. The Hall–Kier alpha value is -2.38. The van der Waals surface area contributed by atoms with Crippen LogP contribution in [0.1, 0.15) is 12.0 Å². The third-order valence-electron chi connectivity index (χ3n) is 3.79. The van der Waals surface area contributed by atoms with E-state index in [0.717, 1.165) is 22.1 Å². The van der Waals surface area contributed by atoms with Crippen LogP contribution in [0.5, 0.6) is 5.75 Å². The summed E-state index contributed by atoms with van der Waals surface area (Å²) in [5, 5.41) is 10.9. The molecular formula is C18H15NO4S2. The van der Waals surface area contributed by atoms with Crippen LogP contribution in [-0.2, 0) is 9.59 Å². The highest BCUT2D eigenvalue weighted by Gasteiger charge is 2.31. The zero-order valence-electron chi connectivity index (χ0n) is 13.4. The number of carbonyl (C=O) groups is 2. The van der Waals surface area contributed by atoms with E-state index in [1.165, 1.54) is 16.7 Å². The number of hydrogen-bond acceptors (Lipinski definition) is 5. The number of carboxylic acids is 1. The number of thiocarbonyl (C=S) groups is 1. The zero-order chi connectivity index (χ0) is 18.0. The van der Waals surface area contributed by atoms with Gasteiger partial charge in [-0.1, -0.05) is 42.2 Å². The largest absolute Gasteiger partial charge is 0.497 e. The van der Waals surface area contributed by atoms with Gasteiger partial charge >= 0.3 is 5.97 Å². The first-order chi connectivity index (χ1) is 12.0. The molecule has 1 aliphatic heterocycles. The van der Waals surface area contributed by atoms with Gasteiger partial charge in [-0.3, -0.25) is 14.5 Å². The lowest BCUT2D eigenvalue weighted by Crippen LogP contribution is -2.30. The molecule has 0 radical (unpaired) electrons. The molecule has 0 aliphatic carbocycles. The van der Waals surface area contributed by atoms with Crippen LogP contribution in [0.3, 0.4) is 0 Å². The highest BCUT2D eigenvalue weighted by molar-refractivity contribution is 8.26. The van der Waals surface area contributed by atoms with Crippen LogP contribution in [0, 0.1) is 0 Å². The molecule has 1 amide bonds. The van der Waals surface area contributed by atoms with E-state index in [2.05, 4.69) is 0 Å². The lowest BCUT2D eigenvalue weighted by Gasteiger charge is -2.12. The third-order valence-corrected chi connectivity index (χ3v) is 5.17. The molecule has 0 bridgehead atoms. The molecule has 0 saturated carbocycles. The van der Waals surface area contributed by atoms with Crippen molar-refractivity contribution in [2.45, 2.75) is 6.42 Å². The predicted molar refractivity (Wildman–Crippen MR) is 103 cm³/mol. The molecule has 7 heteroatoms. The Labute approximate surface area is 154 Å². The fourth-order valence-electron chi connectivity index (χ4n) is 2.51. The van der Waals surface area contributed by atoms with Gasteiger partial charge in [-0.25, -0.2) is 0 Å². The van der Waals surface area contributed by atoms with Gasteiger partial charge in [0.15, 0.2) is 0 Å². The van der Waals surface area contributed by atoms with Crippen LogP contribution >= 0.6 is 24.0 Å². The summed E-state index contributed by atoms with van der Waals surface area (Å²) < 4.78 is 5.61.